The van der Waals surface area contributed by atoms with E-state index >= 15 is 0 Å². The van der Waals surface area contributed by atoms with Crippen LogP contribution in [0.5, 0.6) is 0 Å². The lowest BCUT2D eigenvalue weighted by Crippen LogP contribution is -2.44. The van der Waals surface area contributed by atoms with Gasteiger partial charge >= 0.3 is 12.0 Å². The number of carbonyl (C=O) groups excluding carboxylic acids is 4. The van der Waals surface area contributed by atoms with Crippen molar-refractivity contribution in [3.63, 3.8) is 0 Å². The molecule has 3 fully saturated rings. The van der Waals surface area contributed by atoms with Crippen LogP contribution in [0.15, 0.2) is 18.2 Å². The lowest BCUT2D eigenvalue weighted by Gasteiger charge is -2.22. The molecule has 2 saturated heterocycles. The molecule has 0 aromatic heterocycles. The van der Waals surface area contributed by atoms with Crippen LogP contribution in [0, 0.1) is 0 Å². The van der Waals surface area contributed by atoms with E-state index in [1.807, 2.05) is 6.07 Å². The predicted octanol–water partition coefficient (Wildman–Crippen LogP) is 2.27. The minimum atomic E-state index is -0.772. The van der Waals surface area contributed by atoms with Crippen molar-refractivity contribution in [2.75, 3.05) is 37.0 Å². The van der Waals surface area contributed by atoms with Gasteiger partial charge in [0.2, 0.25) is 5.91 Å². The molecule has 1 saturated carbocycles. The Labute approximate surface area is 181 Å². The van der Waals surface area contributed by atoms with E-state index in [9.17, 15) is 19.2 Å². The van der Waals surface area contributed by atoms with Crippen LogP contribution in [-0.2, 0) is 14.3 Å². The zero-order valence-electron chi connectivity index (χ0n) is 17.7. The standard InChI is InChI=1S/C22H28N4O5/c1-31-19(28)15-6-7-17(25-11-4-5-12-25)16(14-15)23-18(27)8-13-26-20(29)22(24-21(26)30)9-2-3-10-22/h6-7,14H,2-5,8-13H2,1H3,(H,23,27)(H,24,30). The van der Waals surface area contributed by atoms with Gasteiger partial charge < -0.3 is 20.3 Å². The van der Waals surface area contributed by atoms with Gasteiger partial charge in [-0.1, -0.05) is 12.8 Å². The first-order valence-electron chi connectivity index (χ1n) is 10.8. The minimum absolute atomic E-state index is 0.0167. The molecule has 0 radical (unpaired) electrons. The molecular weight excluding hydrogens is 400 g/mol. The van der Waals surface area contributed by atoms with E-state index in [0.29, 0.717) is 24.1 Å². The fourth-order valence-corrected chi connectivity index (χ4v) is 4.74. The van der Waals surface area contributed by atoms with Crippen molar-refractivity contribution in [1.82, 2.24) is 10.2 Å². The van der Waals surface area contributed by atoms with Crippen LogP contribution in [0.1, 0.15) is 55.3 Å². The molecule has 0 bridgehead atoms. The van der Waals surface area contributed by atoms with E-state index in [-0.39, 0.29) is 24.8 Å². The molecule has 0 atom stereocenters. The second-order valence-electron chi connectivity index (χ2n) is 8.39. The number of carbonyl (C=O) groups is 4. The maximum atomic E-state index is 12.7. The fraction of sp³-hybridized carbons (Fsp3) is 0.545. The number of esters is 1. The average Bonchev–Trinajstić information content (AvgIpc) is 3.49. The normalized spacial score (nSPS) is 19.8. The second kappa shape index (κ2) is 8.56. The smallest absolute Gasteiger partial charge is 0.337 e. The van der Waals surface area contributed by atoms with Crippen molar-refractivity contribution in [1.29, 1.82) is 0 Å². The summed E-state index contributed by atoms with van der Waals surface area (Å²) in [5.41, 5.74) is 0.946. The summed E-state index contributed by atoms with van der Waals surface area (Å²) in [7, 11) is 1.31. The Bertz CT molecular complexity index is 903. The van der Waals surface area contributed by atoms with Crippen molar-refractivity contribution in [3.8, 4) is 0 Å². The highest BCUT2D eigenvalue weighted by molar-refractivity contribution is 6.07. The largest absolute Gasteiger partial charge is 0.465 e. The molecule has 166 valence electrons. The summed E-state index contributed by atoms with van der Waals surface area (Å²) in [6, 6.07) is 4.68. The average molecular weight is 428 g/mol. The highest BCUT2D eigenvalue weighted by Crippen LogP contribution is 2.35. The first kappa shape index (κ1) is 21.1. The molecule has 1 aliphatic carbocycles. The van der Waals surface area contributed by atoms with Crippen LogP contribution in [0.4, 0.5) is 16.2 Å². The molecule has 2 heterocycles. The topological polar surface area (TPSA) is 108 Å². The number of anilines is 2. The van der Waals surface area contributed by atoms with E-state index in [1.165, 1.54) is 7.11 Å². The number of ether oxygens (including phenoxy) is 1. The SMILES string of the molecule is COC(=O)c1ccc(N2CCCC2)c(NC(=O)CCN2C(=O)NC3(CCCC3)C2=O)c1. The number of nitrogens with zero attached hydrogens (tertiary/aromatic N) is 2. The molecule has 9 nitrogen and oxygen atoms in total. The zero-order chi connectivity index (χ0) is 22.0. The summed E-state index contributed by atoms with van der Waals surface area (Å²) in [6.07, 6.45) is 5.25. The molecule has 1 spiro atoms. The summed E-state index contributed by atoms with van der Waals surface area (Å²) in [5, 5.41) is 5.69. The van der Waals surface area contributed by atoms with Gasteiger partial charge in [0.15, 0.2) is 0 Å². The van der Waals surface area contributed by atoms with Gasteiger partial charge in [-0.25, -0.2) is 9.59 Å². The van der Waals surface area contributed by atoms with Crippen LogP contribution < -0.4 is 15.5 Å². The summed E-state index contributed by atoms with van der Waals surface area (Å²) >= 11 is 0. The third-order valence-electron chi connectivity index (χ3n) is 6.40. The lowest BCUT2D eigenvalue weighted by molar-refractivity contribution is -0.131. The minimum Gasteiger partial charge on any atom is -0.465 e. The molecule has 1 aromatic rings. The van der Waals surface area contributed by atoms with Crippen molar-refractivity contribution in [2.45, 2.75) is 50.5 Å². The number of imide groups is 1. The van der Waals surface area contributed by atoms with Crippen LogP contribution in [0.3, 0.4) is 0 Å². The van der Waals surface area contributed by atoms with E-state index in [1.54, 1.807) is 12.1 Å². The van der Waals surface area contributed by atoms with Crippen molar-refractivity contribution < 1.29 is 23.9 Å². The monoisotopic (exact) mass is 428 g/mol. The summed E-state index contributed by atoms with van der Waals surface area (Å²) < 4.78 is 4.79. The quantitative estimate of drug-likeness (QED) is 0.532. The highest BCUT2D eigenvalue weighted by atomic mass is 16.5. The first-order valence-corrected chi connectivity index (χ1v) is 10.8. The van der Waals surface area contributed by atoms with Gasteiger partial charge in [0, 0.05) is 26.1 Å². The molecule has 4 rings (SSSR count). The molecular formula is C22H28N4O5. The third kappa shape index (κ3) is 4.08. The maximum absolute atomic E-state index is 12.7. The number of rotatable bonds is 6. The van der Waals surface area contributed by atoms with Gasteiger partial charge in [0.05, 0.1) is 24.0 Å². The van der Waals surface area contributed by atoms with Crippen molar-refractivity contribution in [2.24, 2.45) is 0 Å². The van der Waals surface area contributed by atoms with Gasteiger partial charge in [-0.15, -0.1) is 0 Å². The van der Waals surface area contributed by atoms with Gasteiger partial charge in [-0.05, 0) is 43.9 Å². The Balaban J connectivity index is 1.44. The molecule has 0 unspecified atom stereocenters. The van der Waals surface area contributed by atoms with E-state index < -0.39 is 17.5 Å². The Morgan fingerprint density at radius 3 is 2.52 bits per heavy atom. The number of urea groups is 1. The highest BCUT2D eigenvalue weighted by Gasteiger charge is 2.52. The fourth-order valence-electron chi connectivity index (χ4n) is 4.74. The lowest BCUT2D eigenvalue weighted by atomic mass is 9.98. The summed E-state index contributed by atoms with van der Waals surface area (Å²) in [6.45, 7) is 1.78. The number of nitrogens with one attached hydrogen (secondary N) is 2. The molecule has 3 aliphatic rings. The Kier molecular flexibility index (Phi) is 5.84. The zero-order valence-corrected chi connectivity index (χ0v) is 17.7. The second-order valence-corrected chi connectivity index (χ2v) is 8.39. The first-order chi connectivity index (χ1) is 14.9. The van der Waals surface area contributed by atoms with E-state index in [2.05, 4.69) is 15.5 Å². The third-order valence-corrected chi connectivity index (χ3v) is 6.40. The Morgan fingerprint density at radius 1 is 1.13 bits per heavy atom. The van der Waals surface area contributed by atoms with Gasteiger partial charge in [-0.2, -0.15) is 0 Å². The van der Waals surface area contributed by atoms with Gasteiger partial charge in [0.25, 0.3) is 5.91 Å². The van der Waals surface area contributed by atoms with Crippen LogP contribution >= 0.6 is 0 Å². The summed E-state index contributed by atoms with van der Waals surface area (Å²) in [5.74, 6) is -1.03. The molecule has 2 aliphatic heterocycles. The number of methoxy groups -OCH3 is 1. The van der Waals surface area contributed by atoms with Crippen LogP contribution in [0.2, 0.25) is 0 Å². The summed E-state index contributed by atoms with van der Waals surface area (Å²) in [4.78, 5) is 53.0. The molecule has 9 heteroatoms. The van der Waals surface area contributed by atoms with Crippen molar-refractivity contribution >= 4 is 35.2 Å². The Morgan fingerprint density at radius 2 is 1.84 bits per heavy atom. The number of amides is 4. The van der Waals surface area contributed by atoms with E-state index in [0.717, 1.165) is 49.4 Å². The Hall–Kier alpha value is -3.10. The predicted molar refractivity (Wildman–Crippen MR) is 114 cm³/mol. The van der Waals surface area contributed by atoms with Crippen LogP contribution in [-0.4, -0.2) is 61.0 Å². The van der Waals surface area contributed by atoms with Gasteiger partial charge in [-0.3, -0.25) is 14.5 Å². The number of hydrogen-bond acceptors (Lipinski definition) is 6. The number of benzene rings is 1. The van der Waals surface area contributed by atoms with Gasteiger partial charge in [0.1, 0.15) is 5.54 Å². The maximum Gasteiger partial charge on any atom is 0.337 e. The number of hydrogen-bond donors (Lipinski definition) is 2. The van der Waals surface area contributed by atoms with E-state index in [4.69, 9.17) is 4.74 Å². The van der Waals surface area contributed by atoms with Crippen molar-refractivity contribution in [3.05, 3.63) is 23.8 Å². The van der Waals surface area contributed by atoms with Crippen LogP contribution in [0.25, 0.3) is 0 Å². The molecule has 31 heavy (non-hydrogen) atoms. The molecule has 4 amide bonds. The molecule has 1 aromatic carbocycles. The molecule has 2 N–H and O–H groups in total.